The summed E-state index contributed by atoms with van der Waals surface area (Å²) in [5.41, 5.74) is 10.8. The highest BCUT2D eigenvalue weighted by molar-refractivity contribution is 5.90. The number of esters is 1. The zero-order valence-electron chi connectivity index (χ0n) is 23.5. The standard InChI is InChI=1S/C32H35N5O2/c1-7-22-18(4)28(35-25(22)15-33)27(29-19(5)23(8-2)26(16-34)36-29)30-20(6)24(9-3)31(37-30)32(38)39-17-21-13-11-10-12-14-21/h10-14,27,35-37H,7-9,17H2,1-6H3. The lowest BCUT2D eigenvalue weighted by molar-refractivity contribution is 0.0465. The van der Waals surface area contributed by atoms with Crippen LogP contribution in [0.3, 0.4) is 0 Å². The van der Waals surface area contributed by atoms with Gasteiger partial charge in [0.05, 0.1) is 5.92 Å². The van der Waals surface area contributed by atoms with E-state index in [1.165, 1.54) is 0 Å². The molecule has 3 heterocycles. The summed E-state index contributed by atoms with van der Waals surface area (Å²) in [6.45, 7) is 12.3. The minimum Gasteiger partial charge on any atom is -0.456 e. The number of hydrogen-bond acceptors (Lipinski definition) is 4. The predicted molar refractivity (Wildman–Crippen MR) is 151 cm³/mol. The van der Waals surface area contributed by atoms with Gasteiger partial charge in [0.2, 0.25) is 0 Å². The van der Waals surface area contributed by atoms with Crippen LogP contribution in [0.5, 0.6) is 0 Å². The van der Waals surface area contributed by atoms with Crippen LogP contribution >= 0.6 is 0 Å². The zero-order chi connectivity index (χ0) is 28.3. The molecule has 4 aromatic rings. The van der Waals surface area contributed by atoms with Crippen molar-refractivity contribution in [3.8, 4) is 12.1 Å². The molecule has 0 amide bonds. The number of nitrogens with one attached hydrogen (secondary N) is 3. The molecule has 0 aliphatic carbocycles. The third-order valence-electron chi connectivity index (χ3n) is 7.82. The van der Waals surface area contributed by atoms with E-state index < -0.39 is 5.97 Å². The van der Waals surface area contributed by atoms with Gasteiger partial charge in [0.1, 0.15) is 35.8 Å². The van der Waals surface area contributed by atoms with Crippen LogP contribution in [0.4, 0.5) is 0 Å². The SMILES string of the molecule is CCc1c(C#N)[nH]c(C(c2[nH]c(C#N)c(CC)c2C)c2[nH]c(C(=O)OCc3ccccc3)c(CC)c2C)c1C. The zero-order valence-corrected chi connectivity index (χ0v) is 23.5. The number of carbonyl (C=O) groups is 1. The smallest absolute Gasteiger partial charge is 0.355 e. The Hall–Kier alpha value is -4.49. The van der Waals surface area contributed by atoms with Crippen molar-refractivity contribution in [1.29, 1.82) is 10.5 Å². The van der Waals surface area contributed by atoms with Crippen molar-refractivity contribution >= 4 is 5.97 Å². The Morgan fingerprint density at radius 3 is 1.67 bits per heavy atom. The lowest BCUT2D eigenvalue weighted by Crippen LogP contribution is -2.11. The molecule has 0 saturated carbocycles. The van der Waals surface area contributed by atoms with Crippen molar-refractivity contribution in [2.24, 2.45) is 0 Å². The van der Waals surface area contributed by atoms with Gasteiger partial charge in [-0.25, -0.2) is 4.79 Å². The fourth-order valence-corrected chi connectivity index (χ4v) is 5.75. The first kappa shape index (κ1) is 27.5. The quantitative estimate of drug-likeness (QED) is 0.216. The monoisotopic (exact) mass is 521 g/mol. The van der Waals surface area contributed by atoms with Crippen LogP contribution in [0.2, 0.25) is 0 Å². The lowest BCUT2D eigenvalue weighted by Gasteiger charge is -2.18. The third-order valence-corrected chi connectivity index (χ3v) is 7.82. The summed E-state index contributed by atoms with van der Waals surface area (Å²) in [6.07, 6.45) is 2.07. The maximum atomic E-state index is 13.3. The molecule has 200 valence electrons. The second-order valence-corrected chi connectivity index (χ2v) is 9.83. The Morgan fingerprint density at radius 2 is 1.23 bits per heavy atom. The van der Waals surface area contributed by atoms with Crippen LogP contribution in [0.25, 0.3) is 0 Å². The normalized spacial score (nSPS) is 11.0. The summed E-state index contributed by atoms with van der Waals surface area (Å²) in [5.74, 6) is -0.778. The second kappa shape index (κ2) is 11.5. The molecule has 39 heavy (non-hydrogen) atoms. The van der Waals surface area contributed by atoms with Crippen LogP contribution in [0.1, 0.15) is 105 Å². The highest BCUT2D eigenvalue weighted by Crippen LogP contribution is 2.40. The van der Waals surface area contributed by atoms with Gasteiger partial charge >= 0.3 is 5.97 Å². The molecule has 4 rings (SSSR count). The molecule has 0 aliphatic rings. The first-order valence-electron chi connectivity index (χ1n) is 13.5. The Kier molecular flexibility index (Phi) is 8.12. The molecule has 0 atom stereocenters. The molecule has 7 heteroatoms. The van der Waals surface area contributed by atoms with Crippen molar-refractivity contribution in [1.82, 2.24) is 15.0 Å². The number of benzene rings is 1. The van der Waals surface area contributed by atoms with E-state index in [9.17, 15) is 15.3 Å². The largest absolute Gasteiger partial charge is 0.456 e. The van der Waals surface area contributed by atoms with Crippen LogP contribution in [0, 0.1) is 43.4 Å². The number of hydrogen-bond donors (Lipinski definition) is 3. The van der Waals surface area contributed by atoms with Crippen molar-refractivity contribution in [2.45, 2.75) is 73.3 Å². The Morgan fingerprint density at radius 1 is 0.769 bits per heavy atom. The van der Waals surface area contributed by atoms with E-state index in [4.69, 9.17) is 4.74 Å². The Balaban J connectivity index is 1.90. The molecule has 0 bridgehead atoms. The van der Waals surface area contributed by atoms with Crippen LogP contribution in [0.15, 0.2) is 30.3 Å². The molecule has 1 aromatic carbocycles. The molecule has 0 fully saturated rings. The number of aromatic nitrogens is 3. The van der Waals surface area contributed by atoms with Gasteiger partial charge in [0, 0.05) is 17.1 Å². The van der Waals surface area contributed by atoms with E-state index in [0.717, 1.165) is 56.0 Å². The maximum absolute atomic E-state index is 13.3. The summed E-state index contributed by atoms with van der Waals surface area (Å²) in [4.78, 5) is 23.6. The van der Waals surface area contributed by atoms with E-state index in [2.05, 4.69) is 27.1 Å². The fourth-order valence-electron chi connectivity index (χ4n) is 5.75. The summed E-state index contributed by atoms with van der Waals surface area (Å²) in [5, 5.41) is 19.7. The number of ether oxygens (including phenoxy) is 1. The summed E-state index contributed by atoms with van der Waals surface area (Å²) >= 11 is 0. The van der Waals surface area contributed by atoms with Crippen LogP contribution < -0.4 is 0 Å². The summed E-state index contributed by atoms with van der Waals surface area (Å²) in [6, 6.07) is 14.2. The van der Waals surface area contributed by atoms with Crippen LogP contribution in [-0.4, -0.2) is 20.9 Å². The average molecular weight is 522 g/mol. The van der Waals surface area contributed by atoms with Crippen LogP contribution in [-0.2, 0) is 30.6 Å². The van der Waals surface area contributed by atoms with Gasteiger partial charge in [-0.3, -0.25) is 0 Å². The highest BCUT2D eigenvalue weighted by Gasteiger charge is 2.33. The topological polar surface area (TPSA) is 121 Å². The van der Waals surface area contributed by atoms with Crippen molar-refractivity contribution < 1.29 is 9.53 Å². The predicted octanol–water partition coefficient (Wildman–Crippen LogP) is 6.56. The van der Waals surface area contributed by atoms with Gasteiger partial charge in [0.25, 0.3) is 0 Å². The molecule has 3 N–H and O–H groups in total. The molecular formula is C32H35N5O2. The van der Waals surface area contributed by atoms with Crippen molar-refractivity contribution in [3.05, 3.63) is 103 Å². The van der Waals surface area contributed by atoms with E-state index in [-0.39, 0.29) is 12.5 Å². The Labute approximate surface area is 229 Å². The van der Waals surface area contributed by atoms with E-state index in [0.29, 0.717) is 36.3 Å². The molecule has 0 saturated heterocycles. The summed E-state index contributed by atoms with van der Waals surface area (Å²) in [7, 11) is 0. The first-order chi connectivity index (χ1) is 18.8. The number of nitriles is 2. The molecule has 3 aromatic heterocycles. The molecule has 0 spiro atoms. The average Bonchev–Trinajstić information content (AvgIpc) is 3.58. The number of carbonyl (C=O) groups excluding carboxylic acids is 1. The molecule has 0 radical (unpaired) electrons. The lowest BCUT2D eigenvalue weighted by atomic mass is 9.88. The number of nitrogens with zero attached hydrogens (tertiary/aromatic N) is 2. The molecule has 7 nitrogen and oxygen atoms in total. The van der Waals surface area contributed by atoms with Crippen molar-refractivity contribution in [3.63, 3.8) is 0 Å². The number of rotatable bonds is 9. The number of H-pyrrole nitrogens is 3. The maximum Gasteiger partial charge on any atom is 0.355 e. The van der Waals surface area contributed by atoms with Crippen molar-refractivity contribution in [2.75, 3.05) is 0 Å². The van der Waals surface area contributed by atoms with E-state index >= 15 is 0 Å². The number of aromatic amines is 3. The van der Waals surface area contributed by atoms with Gasteiger partial charge in [0.15, 0.2) is 0 Å². The molecule has 0 unspecified atom stereocenters. The fraction of sp³-hybridized carbons (Fsp3) is 0.344. The first-order valence-corrected chi connectivity index (χ1v) is 13.5. The van der Waals surface area contributed by atoms with Gasteiger partial charge in [-0.2, -0.15) is 10.5 Å². The minimum absolute atomic E-state index is 0.182. The van der Waals surface area contributed by atoms with E-state index in [1.807, 2.05) is 71.9 Å². The second-order valence-electron chi connectivity index (χ2n) is 9.83. The minimum atomic E-state index is -0.408. The summed E-state index contributed by atoms with van der Waals surface area (Å²) < 4.78 is 5.71. The van der Waals surface area contributed by atoms with Gasteiger partial charge in [-0.05, 0) is 79.0 Å². The van der Waals surface area contributed by atoms with Gasteiger partial charge in [-0.1, -0.05) is 51.1 Å². The Bertz CT molecular complexity index is 1520. The van der Waals surface area contributed by atoms with E-state index in [1.54, 1.807) is 0 Å². The highest BCUT2D eigenvalue weighted by atomic mass is 16.5. The molecule has 0 aliphatic heterocycles. The van der Waals surface area contributed by atoms with Gasteiger partial charge < -0.3 is 19.7 Å². The third kappa shape index (κ3) is 4.89. The van der Waals surface area contributed by atoms with Gasteiger partial charge in [-0.15, -0.1) is 0 Å². The molecular weight excluding hydrogens is 486 g/mol.